The fraction of sp³-hybridized carbons (Fsp3) is 0.241. The number of aryl methyl sites for hydroxylation is 2. The molecule has 1 fully saturated rings. The van der Waals surface area contributed by atoms with Crippen molar-refractivity contribution in [3.8, 4) is 28.5 Å². The Bertz CT molecular complexity index is 1760. The third-order valence-electron chi connectivity index (χ3n) is 7.13. The number of hydrogen-bond acceptors (Lipinski definition) is 9. The van der Waals surface area contributed by atoms with E-state index < -0.39 is 5.97 Å². The molecule has 1 saturated heterocycles. The Morgan fingerprint density at radius 2 is 1.80 bits per heavy atom. The van der Waals surface area contributed by atoms with E-state index in [0.29, 0.717) is 34.7 Å². The summed E-state index contributed by atoms with van der Waals surface area (Å²) in [6.45, 7) is 4.93. The minimum atomic E-state index is -0.790. The van der Waals surface area contributed by atoms with E-state index in [0.717, 1.165) is 45.8 Å². The Kier molecular flexibility index (Phi) is 6.40. The maximum absolute atomic E-state index is 11.1. The van der Waals surface area contributed by atoms with Crippen LogP contribution in [0.1, 0.15) is 23.1 Å². The molecule has 1 N–H and O–H groups in total. The Labute approximate surface area is 234 Å². The van der Waals surface area contributed by atoms with Gasteiger partial charge in [-0.15, -0.1) is 0 Å². The molecule has 1 aromatic carbocycles. The summed E-state index contributed by atoms with van der Waals surface area (Å²) < 4.78 is 2.04. The minimum absolute atomic E-state index is 0.370. The van der Waals surface area contributed by atoms with Crippen LogP contribution < -0.4 is 9.80 Å². The maximum atomic E-state index is 11.1. The number of pyridine rings is 1. The molecular formula is C29H26N8O2S. The summed E-state index contributed by atoms with van der Waals surface area (Å²) in [4.78, 5) is 34.2. The summed E-state index contributed by atoms with van der Waals surface area (Å²) in [5.74, 6) is 0.248. The summed E-state index contributed by atoms with van der Waals surface area (Å²) in [5, 5.41) is 19.7. The van der Waals surface area contributed by atoms with Gasteiger partial charge in [-0.05, 0) is 25.5 Å². The molecule has 6 rings (SSSR count). The average molecular weight is 551 g/mol. The molecule has 0 aliphatic carbocycles. The van der Waals surface area contributed by atoms with Crippen molar-refractivity contribution in [2.75, 3.05) is 29.9 Å². The van der Waals surface area contributed by atoms with Gasteiger partial charge in [0.1, 0.15) is 28.1 Å². The number of thiazole rings is 1. The van der Waals surface area contributed by atoms with Crippen molar-refractivity contribution < 1.29 is 9.90 Å². The zero-order valence-electron chi connectivity index (χ0n) is 22.2. The highest BCUT2D eigenvalue weighted by Gasteiger charge is 2.34. The van der Waals surface area contributed by atoms with Crippen LogP contribution >= 0.6 is 11.3 Å². The van der Waals surface area contributed by atoms with Gasteiger partial charge in [0.25, 0.3) is 0 Å². The van der Waals surface area contributed by atoms with E-state index in [9.17, 15) is 10.1 Å². The normalized spacial score (nSPS) is 13.3. The van der Waals surface area contributed by atoms with Gasteiger partial charge in [-0.3, -0.25) is 9.20 Å². The predicted molar refractivity (Wildman–Crippen MR) is 154 cm³/mol. The van der Waals surface area contributed by atoms with Gasteiger partial charge in [-0.1, -0.05) is 48.1 Å². The zero-order valence-corrected chi connectivity index (χ0v) is 23.1. The number of fused-ring (bicyclic) bond motifs is 1. The molecule has 5 aromatic rings. The lowest BCUT2D eigenvalue weighted by Crippen LogP contribution is -2.51. The average Bonchev–Trinajstić information content (AvgIpc) is 3.54. The second-order valence-electron chi connectivity index (χ2n) is 9.80. The van der Waals surface area contributed by atoms with E-state index >= 15 is 0 Å². The van der Waals surface area contributed by atoms with Gasteiger partial charge >= 0.3 is 5.97 Å². The van der Waals surface area contributed by atoms with Crippen LogP contribution in [-0.4, -0.2) is 55.5 Å². The highest BCUT2D eigenvalue weighted by molar-refractivity contribution is 7.16. The minimum Gasteiger partial charge on any atom is -0.481 e. The maximum Gasteiger partial charge on any atom is 0.310 e. The van der Waals surface area contributed by atoms with Crippen LogP contribution in [0.25, 0.3) is 28.0 Å². The molecule has 40 heavy (non-hydrogen) atoms. The summed E-state index contributed by atoms with van der Waals surface area (Å²) in [7, 11) is 1.95. The Hall–Kier alpha value is -4.82. The molecule has 0 radical (unpaired) electrons. The molecule has 200 valence electrons. The third kappa shape index (κ3) is 4.42. The fourth-order valence-corrected chi connectivity index (χ4v) is 5.65. The van der Waals surface area contributed by atoms with Crippen LogP contribution in [0.15, 0.2) is 55.0 Å². The molecule has 0 saturated carbocycles. The lowest BCUT2D eigenvalue weighted by atomic mass is 10.0. The number of aromatic nitrogens is 5. The van der Waals surface area contributed by atoms with Gasteiger partial charge < -0.3 is 14.9 Å². The summed E-state index contributed by atoms with van der Waals surface area (Å²) >= 11 is 1.36. The molecule has 11 heteroatoms. The number of imidazole rings is 1. The van der Waals surface area contributed by atoms with Gasteiger partial charge in [0.05, 0.1) is 11.6 Å². The number of carbonyl (C=O) groups is 1. The second-order valence-corrected chi connectivity index (χ2v) is 10.8. The fourth-order valence-electron chi connectivity index (χ4n) is 4.80. The van der Waals surface area contributed by atoms with Crippen molar-refractivity contribution in [3.63, 3.8) is 0 Å². The standard InChI is InChI=1S/C29H26N8O2S/c1-4-22-26(35(3)29-34-25(23(11-30)40-29)18-7-5-17(2)6-8-18)37-16-19(9-10-24(37)33-22)20-12-31-28(32-13-20)36-14-21(15-36)27(38)39/h5-10,12-13,16,21H,4,14-15H2,1-3H3,(H,38,39). The molecular weight excluding hydrogens is 524 g/mol. The Morgan fingerprint density at radius 3 is 2.45 bits per heavy atom. The van der Waals surface area contributed by atoms with Gasteiger partial charge in [0, 0.05) is 55.4 Å². The van der Waals surface area contributed by atoms with Crippen LogP contribution in [-0.2, 0) is 11.2 Å². The molecule has 0 amide bonds. The van der Waals surface area contributed by atoms with E-state index in [4.69, 9.17) is 15.1 Å². The van der Waals surface area contributed by atoms with Crippen molar-refractivity contribution in [2.24, 2.45) is 5.92 Å². The molecule has 0 bridgehead atoms. The number of nitriles is 1. The van der Waals surface area contributed by atoms with Crippen LogP contribution in [0, 0.1) is 24.2 Å². The Balaban J connectivity index is 1.34. The smallest absolute Gasteiger partial charge is 0.310 e. The number of carboxylic acid groups (broad SMARTS) is 1. The third-order valence-corrected chi connectivity index (χ3v) is 8.17. The van der Waals surface area contributed by atoms with Crippen LogP contribution in [0.4, 0.5) is 16.9 Å². The van der Waals surface area contributed by atoms with Crippen molar-refractivity contribution in [1.29, 1.82) is 5.26 Å². The summed E-state index contributed by atoms with van der Waals surface area (Å²) in [6.07, 6.45) is 6.25. The number of anilines is 3. The van der Waals surface area contributed by atoms with Crippen LogP contribution in [0.5, 0.6) is 0 Å². The molecule has 10 nitrogen and oxygen atoms in total. The lowest BCUT2D eigenvalue weighted by Gasteiger charge is -2.36. The molecule has 4 aromatic heterocycles. The SMILES string of the molecule is CCc1nc2ccc(-c3cnc(N4CC(C(=O)O)C4)nc3)cn2c1N(C)c1nc(-c2ccc(C)cc2)c(C#N)s1. The zero-order chi connectivity index (χ0) is 28.0. The van der Waals surface area contributed by atoms with Crippen molar-refractivity contribution >= 4 is 39.9 Å². The van der Waals surface area contributed by atoms with Gasteiger partial charge in [0.2, 0.25) is 5.95 Å². The first-order chi connectivity index (χ1) is 19.4. The van der Waals surface area contributed by atoms with Gasteiger partial charge in [0.15, 0.2) is 5.13 Å². The number of hydrogen-bond donors (Lipinski definition) is 1. The van der Waals surface area contributed by atoms with Gasteiger partial charge in [-0.25, -0.2) is 19.9 Å². The summed E-state index contributed by atoms with van der Waals surface area (Å²) in [6, 6.07) is 14.3. The first-order valence-electron chi connectivity index (χ1n) is 12.9. The Morgan fingerprint density at radius 1 is 1.10 bits per heavy atom. The number of nitrogens with zero attached hydrogens (tertiary/aromatic N) is 8. The molecule has 0 atom stereocenters. The van der Waals surface area contributed by atoms with E-state index in [1.54, 1.807) is 12.4 Å². The van der Waals surface area contributed by atoms with Crippen molar-refractivity contribution in [2.45, 2.75) is 20.3 Å². The quantitative estimate of drug-likeness (QED) is 0.300. The van der Waals surface area contributed by atoms with E-state index in [1.165, 1.54) is 11.3 Å². The van der Waals surface area contributed by atoms with E-state index in [1.807, 2.05) is 70.8 Å². The predicted octanol–water partition coefficient (Wildman–Crippen LogP) is 4.95. The highest BCUT2D eigenvalue weighted by atomic mass is 32.1. The van der Waals surface area contributed by atoms with Crippen LogP contribution in [0.3, 0.4) is 0 Å². The topological polar surface area (TPSA) is 124 Å². The highest BCUT2D eigenvalue weighted by Crippen LogP contribution is 2.37. The van der Waals surface area contributed by atoms with Crippen LogP contribution in [0.2, 0.25) is 0 Å². The van der Waals surface area contributed by atoms with Crippen molar-refractivity contribution in [1.82, 2.24) is 24.3 Å². The molecule has 0 spiro atoms. The van der Waals surface area contributed by atoms with E-state index in [2.05, 4.69) is 23.0 Å². The molecule has 1 aliphatic rings. The number of aliphatic carboxylic acids is 1. The molecule has 5 heterocycles. The number of benzene rings is 1. The summed E-state index contributed by atoms with van der Waals surface area (Å²) in [5.41, 5.74) is 6.21. The monoisotopic (exact) mass is 550 g/mol. The molecule has 1 aliphatic heterocycles. The number of carboxylic acids is 1. The van der Waals surface area contributed by atoms with Crippen molar-refractivity contribution in [3.05, 3.63) is 71.1 Å². The van der Waals surface area contributed by atoms with Gasteiger partial charge in [-0.2, -0.15) is 5.26 Å². The largest absolute Gasteiger partial charge is 0.481 e. The first-order valence-corrected chi connectivity index (χ1v) is 13.7. The van der Waals surface area contributed by atoms with E-state index in [-0.39, 0.29) is 5.92 Å². The second kappa shape index (κ2) is 10.1. The first kappa shape index (κ1) is 25.5. The molecule has 0 unspecified atom stereocenters. The lowest BCUT2D eigenvalue weighted by molar-refractivity contribution is -0.142. The number of rotatable bonds is 7.